The molecular weight excluding hydrogens is 1290 g/mol. The summed E-state index contributed by atoms with van der Waals surface area (Å²) in [6.07, 6.45) is 0. The maximum atomic E-state index is 6.21. The minimum Gasteiger partial charge on any atom is -0.399 e. The molecule has 84 heavy (non-hydrogen) atoms. The first-order valence-electron chi connectivity index (χ1n) is 28.7. The maximum Gasteiger partial charge on any atom is 0.497 e. The van der Waals surface area contributed by atoms with Gasteiger partial charge in [0.05, 0.1) is 53.4 Å². The van der Waals surface area contributed by atoms with Gasteiger partial charge in [-0.25, -0.2) is 0 Å². The van der Waals surface area contributed by atoms with E-state index in [1.807, 2.05) is 113 Å². The van der Waals surface area contributed by atoms with Gasteiger partial charge in [0.2, 0.25) is 0 Å². The maximum absolute atomic E-state index is 6.21. The largest absolute Gasteiger partial charge is 0.497 e. The van der Waals surface area contributed by atoms with E-state index in [0.29, 0.717) is 0 Å². The van der Waals surface area contributed by atoms with E-state index in [2.05, 4.69) is 179 Å². The van der Waals surface area contributed by atoms with Crippen LogP contribution in [0.5, 0.6) is 0 Å². The highest BCUT2D eigenvalue weighted by molar-refractivity contribution is 9.11. The molecule has 10 aromatic rings. The third-order valence-corrected chi connectivity index (χ3v) is 26.7. The van der Waals surface area contributed by atoms with Gasteiger partial charge in [0, 0.05) is 67.4 Å². The van der Waals surface area contributed by atoms with Crippen LogP contribution in [-0.4, -0.2) is 54.1 Å². The molecule has 0 bridgehead atoms. The highest BCUT2D eigenvalue weighted by Crippen LogP contribution is 2.62. The van der Waals surface area contributed by atoms with Crippen molar-refractivity contribution in [1.82, 2.24) is 17.5 Å². The molecule has 0 radical (unpaired) electrons. The molecule has 0 atom stereocenters. The minimum atomic E-state index is -0.478. The molecule has 2 fully saturated rings. The summed E-state index contributed by atoms with van der Waals surface area (Å²) in [6, 6.07) is 27.8. The zero-order valence-corrected chi connectivity index (χ0v) is 58.8. The lowest BCUT2D eigenvalue weighted by Gasteiger charge is -2.32. The van der Waals surface area contributed by atoms with Gasteiger partial charge >= 0.3 is 14.2 Å². The molecular formula is C66H66B2Br2N4O4S6. The number of nitrogens with zero attached hydrogens (tertiary/aromatic N) is 4. The summed E-state index contributed by atoms with van der Waals surface area (Å²) in [4.78, 5) is 8.48. The first-order chi connectivity index (χ1) is 39.2. The van der Waals surface area contributed by atoms with Crippen molar-refractivity contribution in [3.63, 3.8) is 0 Å². The Hall–Kier alpha value is -3.75. The fourth-order valence-corrected chi connectivity index (χ4v) is 20.8. The molecule has 4 aliphatic carbocycles. The van der Waals surface area contributed by atoms with Crippen molar-refractivity contribution in [1.29, 1.82) is 0 Å². The van der Waals surface area contributed by atoms with Crippen LogP contribution in [0.1, 0.15) is 166 Å². The van der Waals surface area contributed by atoms with Gasteiger partial charge in [0.15, 0.2) is 0 Å². The molecule has 0 unspecified atom stereocenters. The number of aromatic nitrogens is 4. The predicted molar refractivity (Wildman–Crippen MR) is 365 cm³/mol. The van der Waals surface area contributed by atoms with E-state index in [4.69, 9.17) is 18.6 Å². The van der Waals surface area contributed by atoms with Crippen molar-refractivity contribution in [2.24, 2.45) is 0 Å². The van der Waals surface area contributed by atoms with Gasteiger partial charge in [-0.05, 0) is 222 Å². The first kappa shape index (κ1) is 58.0. The van der Waals surface area contributed by atoms with Crippen molar-refractivity contribution in [2.45, 2.75) is 169 Å². The topological polar surface area (TPSA) is 88.5 Å². The molecule has 0 saturated carbocycles. The average Bonchev–Trinajstić information content (AvgIpc) is 1.61. The Balaban J connectivity index is 0.000000114. The molecule has 0 amide bonds. The van der Waals surface area contributed by atoms with Gasteiger partial charge in [-0.2, -0.15) is 17.5 Å². The highest BCUT2D eigenvalue weighted by Gasteiger charge is 2.55. The molecule has 430 valence electrons. The van der Waals surface area contributed by atoms with Crippen molar-refractivity contribution in [2.75, 3.05) is 0 Å². The number of benzene rings is 4. The molecule has 18 heteroatoms. The van der Waals surface area contributed by atoms with Gasteiger partial charge in [0.25, 0.3) is 0 Å². The van der Waals surface area contributed by atoms with Crippen LogP contribution in [0.2, 0.25) is 0 Å². The average molecular weight is 1350 g/mol. The SMILES string of the molecule is CC1(C)OB(c2ccc(B3OC(C)(C)C(C)(C)O3)c3nsnc23)OC1(C)C.CC1(C)c2cc3c(cc2-c2sc(Br)cc21)C(C)(C)c1cc(Br)sc1-3.Cc1cc2c(s1)-c1cc3c(cc1C2(C)C)-c1sc(-c2ccc(C)c4nsnc24)cc1C3(C)C. The molecule has 6 aromatic heterocycles. The van der Waals surface area contributed by atoms with E-state index in [-0.39, 0.29) is 21.7 Å². The lowest BCUT2D eigenvalue weighted by Crippen LogP contribution is -2.41. The van der Waals surface area contributed by atoms with E-state index < -0.39 is 36.6 Å². The zero-order valence-electron chi connectivity index (χ0n) is 50.7. The number of hydrogen-bond donors (Lipinski definition) is 0. The van der Waals surface area contributed by atoms with Crippen LogP contribution in [-0.2, 0) is 40.3 Å². The highest BCUT2D eigenvalue weighted by atomic mass is 79.9. The summed E-state index contributed by atoms with van der Waals surface area (Å²) < 4.78 is 45.5. The van der Waals surface area contributed by atoms with Gasteiger partial charge < -0.3 is 18.6 Å². The Morgan fingerprint density at radius 2 is 0.702 bits per heavy atom. The van der Waals surface area contributed by atoms with Crippen LogP contribution in [0.15, 0.2) is 80.4 Å². The van der Waals surface area contributed by atoms with Crippen LogP contribution in [0, 0.1) is 13.8 Å². The van der Waals surface area contributed by atoms with Crippen molar-refractivity contribution in [3.8, 4) is 52.2 Å². The smallest absolute Gasteiger partial charge is 0.399 e. The van der Waals surface area contributed by atoms with Crippen molar-refractivity contribution < 1.29 is 18.6 Å². The molecule has 6 aliphatic rings. The standard InChI is InChI=1S/C28H24N2S3.C20H16Br2S2.C18H26B2N2O4S/c1-13-7-8-15(24-23(13)29-33-30-24)22-12-21-26(32-22)17-11-18-16(10-19(17)28(21,5)6)25-20(27(18,3)4)9-14(2)31-25;1-19(2)11-5-10-12(6-9(11)17-13(19)7-15(21)23-17)20(3,4)14-8-16(22)24-18(10)14;1-15(2)16(3,4)24-19(23-15)11-9-10-12(14-13(11)21-27-22-14)20-25-17(5,6)18(7,8)26-20/h7-12H,1-6H3;5-8H,1-4H3;9-10H,1-8H3. The quantitative estimate of drug-likeness (QED) is 0.162. The van der Waals surface area contributed by atoms with Gasteiger partial charge in [-0.3, -0.25) is 0 Å². The van der Waals surface area contributed by atoms with Gasteiger partial charge in [-0.15, -0.1) is 45.3 Å². The Kier molecular flexibility index (Phi) is 13.0. The Morgan fingerprint density at radius 3 is 1.12 bits per heavy atom. The van der Waals surface area contributed by atoms with Crippen LogP contribution < -0.4 is 10.9 Å². The molecule has 2 saturated heterocycles. The second-order valence-corrected chi connectivity index (χ2v) is 35.9. The molecule has 4 aromatic carbocycles. The Morgan fingerprint density at radius 1 is 0.357 bits per heavy atom. The minimum absolute atomic E-state index is 0.0161. The number of halogens is 2. The monoisotopic (exact) mass is 1350 g/mol. The van der Waals surface area contributed by atoms with E-state index in [1.165, 1.54) is 138 Å². The lowest BCUT2D eigenvalue weighted by molar-refractivity contribution is 0.00578. The summed E-state index contributed by atoms with van der Waals surface area (Å²) in [5.41, 5.74) is 23.9. The molecule has 0 spiro atoms. The van der Waals surface area contributed by atoms with E-state index in [0.717, 1.165) is 33.0 Å². The fraction of sp³-hybridized carbons (Fsp3) is 0.394. The molecule has 16 rings (SSSR count). The summed E-state index contributed by atoms with van der Waals surface area (Å²) in [5, 5.41) is 0. The summed E-state index contributed by atoms with van der Waals surface area (Å²) >= 11 is 17.5. The first-order valence-corrected chi connectivity index (χ1v) is 35.0. The Bertz CT molecular complexity index is 4270. The number of fused-ring (bicyclic) bond motifs is 14. The lowest BCUT2D eigenvalue weighted by atomic mass is 9.72. The van der Waals surface area contributed by atoms with E-state index in [1.54, 1.807) is 0 Å². The van der Waals surface area contributed by atoms with Crippen LogP contribution in [0.4, 0.5) is 0 Å². The van der Waals surface area contributed by atoms with Gasteiger partial charge in [0.1, 0.15) is 22.1 Å². The number of aryl methyl sites for hydroxylation is 2. The molecule has 0 N–H and O–H groups in total. The molecule has 8 nitrogen and oxygen atoms in total. The van der Waals surface area contributed by atoms with Crippen molar-refractivity contribution >= 4 is 148 Å². The third kappa shape index (κ3) is 8.37. The van der Waals surface area contributed by atoms with Crippen LogP contribution in [0.3, 0.4) is 0 Å². The third-order valence-electron chi connectivity index (χ3n) is 20.0. The van der Waals surface area contributed by atoms with Gasteiger partial charge in [-0.1, -0.05) is 79.7 Å². The molecule has 8 heterocycles. The molecule has 2 aliphatic heterocycles. The fourth-order valence-electron chi connectivity index (χ4n) is 13.4. The number of thiophene rings is 4. The second-order valence-electron chi connectivity index (χ2n) is 27.7. The summed E-state index contributed by atoms with van der Waals surface area (Å²) in [7, 11) is -0.956. The predicted octanol–water partition coefficient (Wildman–Crippen LogP) is 18.9. The zero-order chi connectivity index (χ0) is 59.7. The van der Waals surface area contributed by atoms with Crippen molar-refractivity contribution in [3.05, 3.63) is 135 Å². The second kappa shape index (κ2) is 18.9. The summed E-state index contributed by atoms with van der Waals surface area (Å²) in [6.45, 7) is 39.7. The Labute approximate surface area is 535 Å². The number of rotatable bonds is 3. The summed E-state index contributed by atoms with van der Waals surface area (Å²) in [5.74, 6) is 0. The van der Waals surface area contributed by atoms with Crippen LogP contribution >= 0.6 is 101 Å². The van der Waals surface area contributed by atoms with E-state index in [9.17, 15) is 0 Å². The normalized spacial score (nSPS) is 20.0. The number of hydrogen-bond acceptors (Lipinski definition) is 14. The van der Waals surface area contributed by atoms with E-state index >= 15 is 0 Å². The van der Waals surface area contributed by atoms with Crippen LogP contribution in [0.25, 0.3) is 74.3 Å².